The Kier molecular flexibility index (Phi) is 3.13. The third kappa shape index (κ3) is 2.71. The van der Waals surface area contributed by atoms with Crippen LogP contribution in [-0.2, 0) is 6.61 Å². The van der Waals surface area contributed by atoms with E-state index in [9.17, 15) is 4.39 Å². The van der Waals surface area contributed by atoms with E-state index < -0.39 is 0 Å². The van der Waals surface area contributed by atoms with Crippen molar-refractivity contribution in [3.63, 3.8) is 0 Å². The zero-order valence-electron chi connectivity index (χ0n) is 9.90. The van der Waals surface area contributed by atoms with Crippen molar-refractivity contribution in [1.29, 1.82) is 0 Å². The van der Waals surface area contributed by atoms with Gasteiger partial charge in [0.05, 0.1) is 0 Å². The van der Waals surface area contributed by atoms with E-state index in [2.05, 4.69) is 0 Å². The fourth-order valence-electron chi connectivity index (χ4n) is 1.84. The lowest BCUT2D eigenvalue weighted by Crippen LogP contribution is -1.93. The molecular weight excluding hydrogens is 267 g/mol. The van der Waals surface area contributed by atoms with Crippen molar-refractivity contribution in [1.82, 2.24) is 0 Å². The average Bonchev–Trinajstić information content (AvgIpc) is 2.78. The summed E-state index contributed by atoms with van der Waals surface area (Å²) in [6, 6.07) is 13.3. The molecule has 0 saturated heterocycles. The van der Waals surface area contributed by atoms with Crippen LogP contribution in [0, 0.1) is 5.82 Å². The largest absolute Gasteiger partial charge is 0.486 e. The summed E-state index contributed by atoms with van der Waals surface area (Å²) in [5.74, 6) is 0.814. The van der Waals surface area contributed by atoms with Gasteiger partial charge < -0.3 is 9.15 Å². The van der Waals surface area contributed by atoms with Crippen LogP contribution < -0.4 is 4.74 Å². The average molecular weight is 277 g/mol. The number of benzene rings is 2. The number of furan rings is 1. The van der Waals surface area contributed by atoms with E-state index >= 15 is 0 Å². The monoisotopic (exact) mass is 276 g/mol. The van der Waals surface area contributed by atoms with Gasteiger partial charge in [-0.2, -0.15) is 0 Å². The molecule has 0 aliphatic heterocycles. The van der Waals surface area contributed by atoms with Gasteiger partial charge in [-0.25, -0.2) is 4.39 Å². The third-order valence-electron chi connectivity index (χ3n) is 2.71. The second kappa shape index (κ2) is 4.94. The molecule has 1 aromatic heterocycles. The molecule has 1 heterocycles. The lowest BCUT2D eigenvalue weighted by atomic mass is 10.2. The Bertz CT molecular complexity index is 721. The van der Waals surface area contributed by atoms with Crippen molar-refractivity contribution in [3.8, 4) is 5.75 Å². The molecule has 2 nitrogen and oxygen atoms in total. The first-order valence-electron chi connectivity index (χ1n) is 5.77. The molecule has 96 valence electrons. The predicted molar refractivity (Wildman–Crippen MR) is 72.0 cm³/mol. The molecule has 0 radical (unpaired) electrons. The predicted octanol–water partition coefficient (Wildman–Crippen LogP) is 4.80. The Hall–Kier alpha value is -2.00. The standard InChI is InChI=1S/C15H10ClFO2/c16-11-5-4-10-6-14(19-15(10)7-11)9-18-13-3-1-2-12(17)8-13/h1-8H,9H2. The molecule has 0 unspecified atom stereocenters. The maximum Gasteiger partial charge on any atom is 0.146 e. The van der Waals surface area contributed by atoms with Gasteiger partial charge in [0, 0.05) is 22.5 Å². The van der Waals surface area contributed by atoms with Gasteiger partial charge in [0.1, 0.15) is 29.5 Å². The molecule has 2 aromatic carbocycles. The van der Waals surface area contributed by atoms with Crippen LogP contribution in [0.3, 0.4) is 0 Å². The van der Waals surface area contributed by atoms with Crippen LogP contribution in [0.15, 0.2) is 52.9 Å². The zero-order valence-corrected chi connectivity index (χ0v) is 10.7. The Balaban J connectivity index is 1.78. The van der Waals surface area contributed by atoms with Crippen LogP contribution in [0.4, 0.5) is 4.39 Å². The smallest absolute Gasteiger partial charge is 0.146 e. The molecule has 3 rings (SSSR count). The van der Waals surface area contributed by atoms with Gasteiger partial charge in [-0.05, 0) is 30.3 Å². The summed E-state index contributed by atoms with van der Waals surface area (Å²) in [6.07, 6.45) is 0. The van der Waals surface area contributed by atoms with Gasteiger partial charge in [0.2, 0.25) is 0 Å². The Morgan fingerprint density at radius 3 is 2.84 bits per heavy atom. The highest BCUT2D eigenvalue weighted by molar-refractivity contribution is 6.31. The highest BCUT2D eigenvalue weighted by atomic mass is 35.5. The van der Waals surface area contributed by atoms with Crippen LogP contribution in [0.25, 0.3) is 11.0 Å². The summed E-state index contributed by atoms with van der Waals surface area (Å²) in [6.45, 7) is 0.246. The molecule has 19 heavy (non-hydrogen) atoms. The highest BCUT2D eigenvalue weighted by Gasteiger charge is 2.05. The lowest BCUT2D eigenvalue weighted by Gasteiger charge is -2.03. The van der Waals surface area contributed by atoms with Crippen LogP contribution in [0.5, 0.6) is 5.75 Å². The number of ether oxygens (including phenoxy) is 1. The first kappa shape index (κ1) is 12.1. The van der Waals surface area contributed by atoms with Crippen molar-refractivity contribution >= 4 is 22.6 Å². The summed E-state index contributed by atoms with van der Waals surface area (Å²) >= 11 is 5.89. The van der Waals surface area contributed by atoms with Crippen LogP contribution >= 0.6 is 11.6 Å². The second-order valence-corrected chi connectivity index (χ2v) is 4.58. The fourth-order valence-corrected chi connectivity index (χ4v) is 2.00. The molecule has 0 aliphatic rings. The normalized spacial score (nSPS) is 10.8. The second-order valence-electron chi connectivity index (χ2n) is 4.14. The van der Waals surface area contributed by atoms with Crippen molar-refractivity contribution in [2.75, 3.05) is 0 Å². The van der Waals surface area contributed by atoms with Crippen molar-refractivity contribution in [2.45, 2.75) is 6.61 Å². The van der Waals surface area contributed by atoms with Gasteiger partial charge in [-0.1, -0.05) is 17.7 Å². The van der Waals surface area contributed by atoms with Gasteiger partial charge >= 0.3 is 0 Å². The van der Waals surface area contributed by atoms with Gasteiger partial charge in [0.15, 0.2) is 0 Å². The summed E-state index contributed by atoms with van der Waals surface area (Å²) in [4.78, 5) is 0. The molecule has 4 heteroatoms. The first-order chi connectivity index (χ1) is 9.20. The minimum absolute atomic E-state index is 0.246. The first-order valence-corrected chi connectivity index (χ1v) is 6.15. The van der Waals surface area contributed by atoms with E-state index in [0.29, 0.717) is 22.1 Å². The Labute approximate surface area is 114 Å². The minimum atomic E-state index is -0.325. The number of halogens is 2. The summed E-state index contributed by atoms with van der Waals surface area (Å²) in [7, 11) is 0. The topological polar surface area (TPSA) is 22.4 Å². The SMILES string of the molecule is Fc1cccc(OCc2cc3ccc(Cl)cc3o2)c1. The van der Waals surface area contributed by atoms with Gasteiger partial charge in [-0.15, -0.1) is 0 Å². The summed E-state index contributed by atoms with van der Waals surface area (Å²) in [5, 5.41) is 1.58. The van der Waals surface area contributed by atoms with Crippen LogP contribution in [0.1, 0.15) is 5.76 Å². The molecule has 0 saturated carbocycles. The van der Waals surface area contributed by atoms with E-state index in [1.165, 1.54) is 12.1 Å². The third-order valence-corrected chi connectivity index (χ3v) is 2.95. The highest BCUT2D eigenvalue weighted by Crippen LogP contribution is 2.24. The summed E-state index contributed by atoms with van der Waals surface area (Å²) in [5.41, 5.74) is 0.713. The fraction of sp³-hybridized carbons (Fsp3) is 0.0667. The number of fused-ring (bicyclic) bond motifs is 1. The summed E-state index contributed by atoms with van der Waals surface area (Å²) < 4.78 is 24.1. The molecule has 0 N–H and O–H groups in total. The van der Waals surface area contributed by atoms with Crippen molar-refractivity contribution in [2.24, 2.45) is 0 Å². The zero-order chi connectivity index (χ0) is 13.2. The molecule has 3 aromatic rings. The maximum atomic E-state index is 13.0. The molecule has 0 atom stereocenters. The molecule has 0 fully saturated rings. The Morgan fingerprint density at radius 2 is 2.00 bits per heavy atom. The van der Waals surface area contributed by atoms with Crippen molar-refractivity contribution in [3.05, 3.63) is 65.1 Å². The number of hydrogen-bond donors (Lipinski definition) is 0. The quantitative estimate of drug-likeness (QED) is 0.685. The van der Waals surface area contributed by atoms with E-state index in [1.807, 2.05) is 12.1 Å². The molecule has 0 spiro atoms. The maximum absolute atomic E-state index is 13.0. The minimum Gasteiger partial charge on any atom is -0.486 e. The van der Waals surface area contributed by atoms with Crippen LogP contribution in [-0.4, -0.2) is 0 Å². The number of hydrogen-bond acceptors (Lipinski definition) is 2. The van der Waals surface area contributed by atoms with E-state index in [1.54, 1.807) is 24.3 Å². The number of rotatable bonds is 3. The van der Waals surface area contributed by atoms with Gasteiger partial charge in [-0.3, -0.25) is 0 Å². The van der Waals surface area contributed by atoms with Gasteiger partial charge in [0.25, 0.3) is 0 Å². The lowest BCUT2D eigenvalue weighted by molar-refractivity contribution is 0.273. The van der Waals surface area contributed by atoms with E-state index in [-0.39, 0.29) is 12.4 Å². The van der Waals surface area contributed by atoms with E-state index in [4.69, 9.17) is 20.8 Å². The Morgan fingerprint density at radius 1 is 1.11 bits per heavy atom. The molecule has 0 aliphatic carbocycles. The van der Waals surface area contributed by atoms with Crippen molar-refractivity contribution < 1.29 is 13.5 Å². The van der Waals surface area contributed by atoms with Crippen LogP contribution in [0.2, 0.25) is 5.02 Å². The molecule has 0 bridgehead atoms. The van der Waals surface area contributed by atoms with E-state index in [0.717, 1.165) is 5.39 Å². The molecule has 0 amide bonds. The molecular formula is C15H10ClFO2.